The topological polar surface area (TPSA) is 11.4 Å². The molecule has 0 amide bonds. The average molecular weight is 1060 g/mol. The van der Waals surface area contributed by atoms with Crippen LogP contribution in [0.3, 0.4) is 0 Å². The van der Waals surface area contributed by atoms with Gasteiger partial charge < -0.3 is 14.4 Å². The monoisotopic (exact) mass is 1060 g/mol. The molecule has 82 heavy (non-hydrogen) atoms. The number of unbranched alkanes of at least 4 members (excludes halogenated alkanes) is 1. The van der Waals surface area contributed by atoms with Gasteiger partial charge in [0.1, 0.15) is 0 Å². The predicted octanol–water partition coefficient (Wildman–Crippen LogP) is 19.5. The summed E-state index contributed by atoms with van der Waals surface area (Å²) < 4.78 is 2.50. The maximum Gasteiger partial charge on any atom is 0.252 e. The zero-order chi connectivity index (χ0) is 55.9. The number of fused-ring (bicyclic) bond motifs is 7. The normalized spacial score (nSPS) is 12.9. The molecule has 2 aliphatic rings. The molecule has 2 aliphatic heterocycles. The van der Waals surface area contributed by atoms with Crippen LogP contribution in [0.15, 0.2) is 249 Å². The van der Waals surface area contributed by atoms with Crippen molar-refractivity contribution in [1.29, 1.82) is 0 Å². The van der Waals surface area contributed by atoms with Crippen LogP contribution >= 0.6 is 0 Å². The summed E-state index contributed by atoms with van der Waals surface area (Å²) in [6, 6.07) is 94.2. The molecule has 12 aromatic rings. The van der Waals surface area contributed by atoms with Gasteiger partial charge in [0, 0.05) is 55.9 Å². The molecule has 0 spiro atoms. The van der Waals surface area contributed by atoms with Crippen molar-refractivity contribution in [1.82, 2.24) is 4.57 Å². The second-order valence-corrected chi connectivity index (χ2v) is 24.7. The Kier molecular flexibility index (Phi) is 12.5. The number of rotatable bonds is 10. The molecular formula is C78H68BN3. The molecule has 0 atom stereocenters. The molecule has 3 nitrogen and oxygen atoms in total. The summed E-state index contributed by atoms with van der Waals surface area (Å²) in [7, 11) is 0. The Balaban J connectivity index is 1.17. The number of hydrogen-bond acceptors (Lipinski definition) is 2. The second kappa shape index (κ2) is 20.2. The minimum atomic E-state index is -0.231. The van der Waals surface area contributed by atoms with Crippen LogP contribution in [0.1, 0.15) is 78.0 Å². The van der Waals surface area contributed by atoms with E-state index in [0.717, 1.165) is 24.9 Å². The smallest absolute Gasteiger partial charge is 0.252 e. The van der Waals surface area contributed by atoms with Gasteiger partial charge in [-0.25, -0.2) is 0 Å². The highest BCUT2D eigenvalue weighted by Crippen LogP contribution is 2.54. The molecule has 1 aromatic heterocycles. The van der Waals surface area contributed by atoms with E-state index in [9.17, 15) is 0 Å². The number of benzene rings is 11. The summed E-state index contributed by atoms with van der Waals surface area (Å²) in [6.45, 7) is 16.4. The maximum atomic E-state index is 2.73. The van der Waals surface area contributed by atoms with Crippen molar-refractivity contribution >= 4 is 79.0 Å². The van der Waals surface area contributed by atoms with E-state index < -0.39 is 0 Å². The largest absolute Gasteiger partial charge is 0.310 e. The van der Waals surface area contributed by atoms with Crippen LogP contribution in [-0.2, 0) is 17.3 Å². The van der Waals surface area contributed by atoms with Gasteiger partial charge in [0.05, 0.1) is 22.4 Å². The van der Waals surface area contributed by atoms with Crippen LogP contribution in [-0.4, -0.2) is 11.3 Å². The fourth-order valence-corrected chi connectivity index (χ4v) is 13.3. The van der Waals surface area contributed by atoms with Crippen molar-refractivity contribution in [3.8, 4) is 50.2 Å². The predicted molar refractivity (Wildman–Crippen MR) is 353 cm³/mol. The van der Waals surface area contributed by atoms with E-state index in [1.807, 2.05) is 0 Å². The summed E-state index contributed by atoms with van der Waals surface area (Å²) in [4.78, 5) is 5.43. The van der Waals surface area contributed by atoms with Crippen LogP contribution in [0.2, 0.25) is 0 Å². The Morgan fingerprint density at radius 1 is 0.366 bits per heavy atom. The Labute approximate surface area is 484 Å². The van der Waals surface area contributed by atoms with Crippen molar-refractivity contribution in [3.05, 3.63) is 265 Å². The van der Waals surface area contributed by atoms with Gasteiger partial charge in [-0.15, -0.1) is 0 Å². The molecule has 0 fully saturated rings. The molecule has 0 saturated carbocycles. The molecule has 14 rings (SSSR count). The number of nitrogens with zero attached hydrogens (tertiary/aromatic N) is 3. The first-order valence-electron chi connectivity index (χ1n) is 29.5. The van der Waals surface area contributed by atoms with Crippen molar-refractivity contribution in [2.75, 3.05) is 9.80 Å². The van der Waals surface area contributed by atoms with Crippen molar-refractivity contribution in [2.24, 2.45) is 0 Å². The molecule has 0 bridgehead atoms. The van der Waals surface area contributed by atoms with Gasteiger partial charge in [0.15, 0.2) is 0 Å². The SMILES string of the molecule is CCCCc1cccc(-c2ccccc2)c1N1c2cc(-n3c4ccccc4c4ccccc43)ccc2B2c3cc(-c4ccccc4)ccc3N(c3c(-c4ccccc4)cc(C(C)(C)C)cc3-c3ccccc3)c3cc(C(C)(C)C)cc1c32. The third-order valence-corrected chi connectivity index (χ3v) is 17.5. The van der Waals surface area contributed by atoms with E-state index in [-0.39, 0.29) is 17.5 Å². The zero-order valence-electron chi connectivity index (χ0n) is 48.2. The fraction of sp³-hybridized carbons (Fsp3) is 0.154. The van der Waals surface area contributed by atoms with Gasteiger partial charge >= 0.3 is 0 Å². The van der Waals surface area contributed by atoms with E-state index in [1.165, 1.54) is 134 Å². The number of anilines is 6. The number of aromatic nitrogens is 1. The quantitative estimate of drug-likeness (QED) is 0.126. The Bertz CT molecular complexity index is 4280. The Morgan fingerprint density at radius 2 is 0.866 bits per heavy atom. The molecule has 0 aliphatic carbocycles. The molecule has 0 saturated heterocycles. The van der Waals surface area contributed by atoms with Crippen LogP contribution in [0, 0.1) is 0 Å². The molecule has 0 radical (unpaired) electrons. The van der Waals surface area contributed by atoms with Gasteiger partial charge in [-0.3, -0.25) is 0 Å². The van der Waals surface area contributed by atoms with Crippen LogP contribution < -0.4 is 26.2 Å². The van der Waals surface area contributed by atoms with E-state index in [4.69, 9.17) is 0 Å². The number of hydrogen-bond donors (Lipinski definition) is 0. The molecule has 398 valence electrons. The summed E-state index contributed by atoms with van der Waals surface area (Å²) in [5, 5.41) is 2.51. The van der Waals surface area contributed by atoms with E-state index in [1.54, 1.807) is 0 Å². The molecule has 11 aromatic carbocycles. The van der Waals surface area contributed by atoms with Gasteiger partial charge in [-0.05, 0) is 139 Å². The minimum Gasteiger partial charge on any atom is -0.310 e. The molecule has 4 heteroatoms. The first-order valence-corrected chi connectivity index (χ1v) is 29.5. The number of para-hydroxylation sites is 3. The molecule has 3 heterocycles. The van der Waals surface area contributed by atoms with Crippen molar-refractivity contribution in [3.63, 3.8) is 0 Å². The summed E-state index contributed by atoms with van der Waals surface area (Å²) in [6.07, 6.45) is 3.12. The second-order valence-electron chi connectivity index (χ2n) is 24.7. The Hall–Kier alpha value is -9.12. The van der Waals surface area contributed by atoms with Crippen molar-refractivity contribution < 1.29 is 0 Å². The first kappa shape index (κ1) is 51.1. The van der Waals surface area contributed by atoms with Gasteiger partial charge in [0.2, 0.25) is 0 Å². The maximum absolute atomic E-state index is 2.73. The molecular weight excluding hydrogens is 990 g/mol. The zero-order valence-corrected chi connectivity index (χ0v) is 48.2. The van der Waals surface area contributed by atoms with Crippen LogP contribution in [0.25, 0.3) is 72.0 Å². The minimum absolute atomic E-state index is 0.129. The summed E-state index contributed by atoms with van der Waals surface area (Å²) in [5.41, 5.74) is 27.8. The van der Waals surface area contributed by atoms with Crippen LogP contribution in [0.5, 0.6) is 0 Å². The van der Waals surface area contributed by atoms with Gasteiger partial charge in [-0.2, -0.15) is 0 Å². The molecule has 0 N–H and O–H groups in total. The van der Waals surface area contributed by atoms with E-state index in [2.05, 4.69) is 312 Å². The first-order chi connectivity index (χ1) is 39.9. The van der Waals surface area contributed by atoms with Gasteiger partial charge in [-0.1, -0.05) is 249 Å². The molecule has 0 unspecified atom stereocenters. The summed E-state index contributed by atoms with van der Waals surface area (Å²) >= 11 is 0. The lowest BCUT2D eigenvalue weighted by Crippen LogP contribution is -2.61. The lowest BCUT2D eigenvalue weighted by molar-refractivity contribution is 0.590. The standard InChI is InChI=1S/C78H68BN3/c1-8-9-27-56-36-26-39-61(53-30-16-11-17-31-53)75(56)82-71-51-60(80-68-40-24-22-37-62(68)63-38-23-25-41-69(63)80)43-44-66(71)79-67-46-57(52-28-14-10-15-29-52)42-45-70(67)81(72-49-59(78(5,6)7)50-73(82)74(72)79)76-64(54-32-18-12-19-33-54)47-58(77(2,3)4)48-65(76)55-34-20-13-21-35-55/h10-26,28-51H,8-9,27H2,1-7H3. The van der Waals surface area contributed by atoms with Crippen molar-refractivity contribution in [2.45, 2.75) is 78.6 Å². The third kappa shape index (κ3) is 8.58. The Morgan fingerprint density at radius 3 is 1.41 bits per heavy atom. The highest BCUT2D eigenvalue weighted by Gasteiger charge is 2.46. The van der Waals surface area contributed by atoms with E-state index >= 15 is 0 Å². The average Bonchev–Trinajstić information content (AvgIpc) is 3.96. The van der Waals surface area contributed by atoms with Gasteiger partial charge in [0.25, 0.3) is 6.71 Å². The fourth-order valence-electron chi connectivity index (χ4n) is 13.3. The third-order valence-electron chi connectivity index (χ3n) is 17.5. The highest BCUT2D eigenvalue weighted by atomic mass is 15.2. The van der Waals surface area contributed by atoms with Crippen LogP contribution in [0.4, 0.5) is 34.1 Å². The highest BCUT2D eigenvalue weighted by molar-refractivity contribution is 7.00. The number of aryl methyl sites for hydroxylation is 1. The summed E-state index contributed by atoms with van der Waals surface area (Å²) in [5.74, 6) is 0. The lowest BCUT2D eigenvalue weighted by Gasteiger charge is -2.46. The van der Waals surface area contributed by atoms with E-state index in [0.29, 0.717) is 0 Å². The lowest BCUT2D eigenvalue weighted by atomic mass is 9.33.